The first-order valence-electron chi connectivity index (χ1n) is 15.1. The zero-order valence-corrected chi connectivity index (χ0v) is 22.9. The molecule has 0 amide bonds. The van der Waals surface area contributed by atoms with Gasteiger partial charge in [-0.2, -0.15) is 0 Å². The zero-order valence-electron chi connectivity index (χ0n) is 22.9. The van der Waals surface area contributed by atoms with Crippen LogP contribution in [0.1, 0.15) is 110 Å². The van der Waals surface area contributed by atoms with Crippen molar-refractivity contribution in [3.05, 3.63) is 144 Å². The lowest BCUT2D eigenvalue weighted by molar-refractivity contribution is 0.510. The van der Waals surface area contributed by atoms with Crippen molar-refractivity contribution in [1.82, 2.24) is 0 Å². The summed E-state index contributed by atoms with van der Waals surface area (Å²) in [5.41, 5.74) is 6.10. The first kappa shape index (κ1) is 26.5. The minimum Gasteiger partial charge on any atom is -0.0622 e. The fourth-order valence-electron chi connectivity index (χ4n) is 7.01. The van der Waals surface area contributed by atoms with Crippen LogP contribution in [0.5, 0.6) is 0 Å². The molecule has 38 heavy (non-hydrogen) atoms. The maximum absolute atomic E-state index is 2.31. The van der Waals surface area contributed by atoms with Crippen LogP contribution in [0.15, 0.2) is 121 Å². The van der Waals surface area contributed by atoms with Crippen LogP contribution >= 0.6 is 0 Å². The van der Waals surface area contributed by atoms with E-state index < -0.39 is 0 Å². The van der Waals surface area contributed by atoms with Crippen LogP contribution < -0.4 is 0 Å². The van der Waals surface area contributed by atoms with E-state index in [9.17, 15) is 0 Å². The second-order valence-corrected chi connectivity index (χ2v) is 11.3. The van der Waals surface area contributed by atoms with Crippen LogP contribution in [-0.4, -0.2) is 0 Å². The highest BCUT2D eigenvalue weighted by Gasteiger charge is 2.27. The molecule has 2 saturated carbocycles. The van der Waals surface area contributed by atoms with Gasteiger partial charge in [0, 0.05) is 0 Å². The molecule has 6 rings (SSSR count). The maximum atomic E-state index is 2.31. The highest BCUT2D eigenvalue weighted by molar-refractivity contribution is 5.30. The van der Waals surface area contributed by atoms with Gasteiger partial charge in [0.25, 0.3) is 0 Å². The van der Waals surface area contributed by atoms with Crippen molar-refractivity contribution in [3.63, 3.8) is 0 Å². The molecule has 2 aliphatic carbocycles. The van der Waals surface area contributed by atoms with Crippen molar-refractivity contribution in [1.29, 1.82) is 0 Å². The van der Waals surface area contributed by atoms with Gasteiger partial charge in [-0.3, -0.25) is 0 Å². The third-order valence-corrected chi connectivity index (χ3v) is 8.94. The highest BCUT2D eigenvalue weighted by Crippen LogP contribution is 2.43. The van der Waals surface area contributed by atoms with Gasteiger partial charge in [0.15, 0.2) is 0 Å². The topological polar surface area (TPSA) is 0 Å². The van der Waals surface area contributed by atoms with Gasteiger partial charge < -0.3 is 0 Å². The largest absolute Gasteiger partial charge is 0.0622 e. The Morgan fingerprint density at radius 2 is 0.474 bits per heavy atom. The summed E-state index contributed by atoms with van der Waals surface area (Å²) in [4.78, 5) is 0. The van der Waals surface area contributed by atoms with Crippen molar-refractivity contribution < 1.29 is 0 Å². The van der Waals surface area contributed by atoms with Crippen LogP contribution in [0.3, 0.4) is 0 Å². The van der Waals surface area contributed by atoms with Gasteiger partial charge in [0.1, 0.15) is 0 Å². The molecule has 0 unspecified atom stereocenters. The van der Waals surface area contributed by atoms with Gasteiger partial charge in [-0.05, 0) is 71.6 Å². The average molecular weight is 501 g/mol. The summed E-state index contributed by atoms with van der Waals surface area (Å²) in [6.07, 6.45) is 13.7. The predicted octanol–water partition coefficient (Wildman–Crippen LogP) is 11.0. The number of benzene rings is 4. The molecule has 2 fully saturated rings. The second-order valence-electron chi connectivity index (χ2n) is 11.3. The van der Waals surface area contributed by atoms with Gasteiger partial charge in [0.2, 0.25) is 0 Å². The molecule has 0 heteroatoms. The van der Waals surface area contributed by atoms with E-state index in [4.69, 9.17) is 0 Å². The van der Waals surface area contributed by atoms with E-state index >= 15 is 0 Å². The van der Waals surface area contributed by atoms with E-state index in [1.54, 1.807) is 0 Å². The normalized spacial score (nSPS) is 23.8. The lowest BCUT2D eigenvalue weighted by atomic mass is 9.78. The fourth-order valence-corrected chi connectivity index (χ4v) is 7.01. The van der Waals surface area contributed by atoms with Gasteiger partial charge >= 0.3 is 0 Å². The van der Waals surface area contributed by atoms with E-state index in [0.29, 0.717) is 23.7 Å². The van der Waals surface area contributed by atoms with Crippen molar-refractivity contribution in [2.24, 2.45) is 0 Å². The molecule has 0 N–H and O–H groups in total. The summed E-state index contributed by atoms with van der Waals surface area (Å²) in [5, 5.41) is 0. The van der Waals surface area contributed by atoms with E-state index in [1.165, 1.54) is 86.5 Å². The molecule has 4 aromatic carbocycles. The Balaban J connectivity index is 0.000000155. The molecule has 4 aromatic rings. The Kier molecular flexibility index (Phi) is 9.86. The van der Waals surface area contributed by atoms with Crippen LogP contribution in [0.25, 0.3) is 0 Å². The smallest absolute Gasteiger partial charge is 0.00931 e. The Morgan fingerprint density at radius 3 is 0.684 bits per heavy atom. The summed E-state index contributed by atoms with van der Waals surface area (Å²) < 4.78 is 0. The molecule has 196 valence electrons. The standard InChI is InChI=1S/2C19H22/c2*1-4-10-16(11-5-1)18-14-8-3-9-15-19(18)17-12-6-2-7-13-17/h2*1-2,4-7,10-13,18-19H,3,8-9,14-15H2/t2*18-,19-/m00/s1. The Hall–Kier alpha value is -3.12. The molecular formula is C38H44. The zero-order chi connectivity index (χ0) is 25.8. The number of rotatable bonds is 4. The predicted molar refractivity (Wildman–Crippen MR) is 163 cm³/mol. The SMILES string of the molecule is c1ccc([C@@H]2CCCCC[C@H]2c2ccccc2)cc1.c1ccc([C@@H]2CCCCC[C@H]2c2ccccc2)cc1. The summed E-state index contributed by atoms with van der Waals surface area (Å²) >= 11 is 0. The molecule has 0 aliphatic heterocycles. The summed E-state index contributed by atoms with van der Waals surface area (Å²) in [5.74, 6) is 2.80. The van der Waals surface area contributed by atoms with E-state index in [-0.39, 0.29) is 0 Å². The van der Waals surface area contributed by atoms with Crippen molar-refractivity contribution in [2.75, 3.05) is 0 Å². The Labute approximate surface area is 231 Å². The lowest BCUT2D eigenvalue weighted by Gasteiger charge is -2.26. The van der Waals surface area contributed by atoms with Gasteiger partial charge in [-0.15, -0.1) is 0 Å². The van der Waals surface area contributed by atoms with Crippen molar-refractivity contribution in [3.8, 4) is 0 Å². The van der Waals surface area contributed by atoms with E-state index in [2.05, 4.69) is 121 Å². The first-order valence-corrected chi connectivity index (χ1v) is 15.1. The highest BCUT2D eigenvalue weighted by atomic mass is 14.3. The first-order chi connectivity index (χ1) is 18.9. The van der Waals surface area contributed by atoms with Crippen LogP contribution in [0.2, 0.25) is 0 Å². The molecule has 0 bridgehead atoms. The fraction of sp³-hybridized carbons (Fsp3) is 0.368. The molecule has 0 nitrogen and oxygen atoms in total. The van der Waals surface area contributed by atoms with Gasteiger partial charge in [0.05, 0.1) is 0 Å². The molecule has 2 aliphatic rings. The van der Waals surface area contributed by atoms with Gasteiger partial charge in [-0.1, -0.05) is 160 Å². The summed E-state index contributed by atoms with van der Waals surface area (Å²) in [6.45, 7) is 0. The third kappa shape index (κ3) is 7.04. The molecule has 0 saturated heterocycles. The Bertz CT molecular complexity index is 974. The second kappa shape index (κ2) is 14.1. The van der Waals surface area contributed by atoms with Crippen LogP contribution in [0, 0.1) is 0 Å². The Morgan fingerprint density at radius 1 is 0.263 bits per heavy atom. The molecule has 0 spiro atoms. The summed E-state index contributed by atoms with van der Waals surface area (Å²) in [6, 6.07) is 44.4. The molecule has 4 atom stereocenters. The number of hydrogen-bond acceptors (Lipinski definition) is 0. The maximum Gasteiger partial charge on any atom is -0.00931 e. The third-order valence-electron chi connectivity index (χ3n) is 8.94. The van der Waals surface area contributed by atoms with E-state index in [0.717, 1.165) is 0 Å². The van der Waals surface area contributed by atoms with Crippen LogP contribution in [0.4, 0.5) is 0 Å². The minimum absolute atomic E-state index is 0.700. The quantitative estimate of drug-likeness (QED) is 0.244. The molecule has 0 aromatic heterocycles. The molecule has 0 radical (unpaired) electrons. The molecule has 0 heterocycles. The monoisotopic (exact) mass is 500 g/mol. The summed E-state index contributed by atoms with van der Waals surface area (Å²) in [7, 11) is 0. The average Bonchev–Trinajstić information content (AvgIpc) is 3.41. The lowest BCUT2D eigenvalue weighted by Crippen LogP contribution is -2.10. The number of hydrogen-bond donors (Lipinski definition) is 0. The van der Waals surface area contributed by atoms with E-state index in [1.807, 2.05) is 0 Å². The van der Waals surface area contributed by atoms with Gasteiger partial charge in [-0.25, -0.2) is 0 Å². The molecular weight excluding hydrogens is 456 g/mol. The van der Waals surface area contributed by atoms with Crippen molar-refractivity contribution in [2.45, 2.75) is 87.9 Å². The van der Waals surface area contributed by atoms with Crippen LogP contribution in [-0.2, 0) is 0 Å². The van der Waals surface area contributed by atoms with Crippen molar-refractivity contribution >= 4 is 0 Å². The minimum atomic E-state index is 0.700.